The van der Waals surface area contributed by atoms with E-state index in [4.69, 9.17) is 0 Å². The molecule has 6 rings (SSSR count). The van der Waals surface area contributed by atoms with E-state index in [1.807, 2.05) is 23.9 Å². The van der Waals surface area contributed by atoms with Gasteiger partial charge < -0.3 is 40.2 Å². The number of hydrogen-bond donors (Lipinski definition) is 4. The molecule has 4 N–H and O–H groups in total. The highest BCUT2D eigenvalue weighted by Crippen LogP contribution is 2.38. The lowest BCUT2D eigenvalue weighted by molar-refractivity contribution is -0.127. The molecule has 0 bridgehead atoms. The first-order valence-electron chi connectivity index (χ1n) is 21.7. The number of carbonyl (C=O) groups excluding carboxylic acids is 4. The number of imidazole rings is 2. The van der Waals surface area contributed by atoms with Crippen molar-refractivity contribution in [3.8, 4) is 22.8 Å². The molecule has 0 saturated heterocycles. The Morgan fingerprint density at radius 1 is 0.662 bits per heavy atom. The standard InChI is InChI=1S/C46H59F5N10O4/c1-44(2,36(42(64)52-6)56-40(62)34-31-24-58(8)19-11-21-60(31)38(54-34)27-16-15-26(23-30(27)48)46(5,50)51)17-18-45(3,4)37(43(65)53-7)57-41(63)35-32-25-59(9)20-12-22-61(32)39(55-35)28-13-10-14-29(47)33(28)49/h10,13-16,23,36-37H,11-12,17-22,24-25H2,1-9H3,(H,52,64)(H,53,65)(H,56,62)(H,57,63)/t36?,37-/m1/s1. The minimum atomic E-state index is -3.28. The van der Waals surface area contributed by atoms with Crippen LogP contribution in [0, 0.1) is 28.3 Å². The number of benzene rings is 2. The molecule has 4 heterocycles. The minimum absolute atomic E-state index is 0.0291. The molecule has 4 aromatic rings. The molecule has 0 aliphatic carbocycles. The number of halogens is 5. The zero-order chi connectivity index (χ0) is 47.8. The third-order valence-electron chi connectivity index (χ3n) is 12.7. The van der Waals surface area contributed by atoms with Crippen LogP contribution < -0.4 is 21.3 Å². The molecule has 2 aromatic carbocycles. The molecule has 14 nitrogen and oxygen atoms in total. The lowest BCUT2D eigenvalue weighted by Crippen LogP contribution is -2.56. The summed E-state index contributed by atoms with van der Waals surface area (Å²) in [6.07, 6.45) is 1.78. The lowest BCUT2D eigenvalue weighted by atomic mass is 9.71. The smallest absolute Gasteiger partial charge is 0.272 e. The summed E-state index contributed by atoms with van der Waals surface area (Å²) in [6.45, 7) is 10.5. The van der Waals surface area contributed by atoms with Crippen molar-refractivity contribution in [2.45, 2.75) is 104 Å². The van der Waals surface area contributed by atoms with Crippen LogP contribution in [-0.2, 0) is 41.7 Å². The molecule has 0 spiro atoms. The Kier molecular flexibility index (Phi) is 14.3. The Hall–Kier alpha value is -5.69. The Labute approximate surface area is 375 Å². The second-order valence-electron chi connectivity index (χ2n) is 18.7. The molecular formula is C46H59F5N10O4. The van der Waals surface area contributed by atoms with E-state index in [-0.39, 0.29) is 60.1 Å². The predicted molar refractivity (Wildman–Crippen MR) is 234 cm³/mol. The van der Waals surface area contributed by atoms with E-state index in [1.54, 1.807) is 36.8 Å². The molecule has 2 aromatic heterocycles. The molecule has 2 aliphatic heterocycles. The average Bonchev–Trinajstić information content (AvgIpc) is 3.61. The fourth-order valence-corrected chi connectivity index (χ4v) is 8.72. The van der Waals surface area contributed by atoms with Gasteiger partial charge in [-0.1, -0.05) is 39.8 Å². The molecule has 0 saturated carbocycles. The van der Waals surface area contributed by atoms with Gasteiger partial charge in [0.15, 0.2) is 23.0 Å². The number of hydrogen-bond acceptors (Lipinski definition) is 8. The van der Waals surface area contributed by atoms with Crippen LogP contribution in [0.5, 0.6) is 0 Å². The number of alkyl halides is 2. The van der Waals surface area contributed by atoms with E-state index >= 15 is 8.78 Å². The van der Waals surface area contributed by atoms with Crippen molar-refractivity contribution in [1.29, 1.82) is 0 Å². The number of amides is 4. The maximum Gasteiger partial charge on any atom is 0.272 e. The predicted octanol–water partition coefficient (Wildman–Crippen LogP) is 5.84. The summed E-state index contributed by atoms with van der Waals surface area (Å²) in [7, 11) is 6.61. The summed E-state index contributed by atoms with van der Waals surface area (Å²) in [5.74, 6) is -8.57. The van der Waals surface area contributed by atoms with E-state index in [0.29, 0.717) is 57.3 Å². The van der Waals surface area contributed by atoms with Crippen molar-refractivity contribution in [3.05, 3.63) is 82.2 Å². The van der Waals surface area contributed by atoms with Gasteiger partial charge in [-0.3, -0.25) is 19.2 Å². The fraction of sp³-hybridized carbons (Fsp3) is 0.522. The first-order valence-corrected chi connectivity index (χ1v) is 21.7. The first-order chi connectivity index (χ1) is 30.5. The van der Waals surface area contributed by atoms with Gasteiger partial charge in [-0.05, 0) is 88.0 Å². The van der Waals surface area contributed by atoms with Crippen LogP contribution in [0.2, 0.25) is 0 Å². The Balaban J connectivity index is 1.27. The summed E-state index contributed by atoms with van der Waals surface area (Å²) in [6, 6.07) is 4.60. The van der Waals surface area contributed by atoms with Gasteiger partial charge in [0.2, 0.25) is 11.8 Å². The summed E-state index contributed by atoms with van der Waals surface area (Å²) < 4.78 is 76.8. The summed E-state index contributed by atoms with van der Waals surface area (Å²) in [5, 5.41) is 11.0. The first kappa shape index (κ1) is 48.8. The van der Waals surface area contributed by atoms with Gasteiger partial charge >= 0.3 is 0 Å². The van der Waals surface area contributed by atoms with E-state index in [1.165, 1.54) is 32.3 Å². The Morgan fingerprint density at radius 3 is 1.55 bits per heavy atom. The van der Waals surface area contributed by atoms with Gasteiger partial charge in [0.1, 0.15) is 29.5 Å². The van der Waals surface area contributed by atoms with Gasteiger partial charge in [0.05, 0.1) is 22.5 Å². The number of carbonyl (C=O) groups is 4. The third kappa shape index (κ3) is 10.2. The molecule has 352 valence electrons. The van der Waals surface area contributed by atoms with Gasteiger partial charge in [0, 0.05) is 52.8 Å². The van der Waals surface area contributed by atoms with E-state index in [2.05, 4.69) is 31.2 Å². The maximum atomic E-state index is 15.6. The lowest BCUT2D eigenvalue weighted by Gasteiger charge is -2.39. The van der Waals surface area contributed by atoms with Crippen LogP contribution in [0.4, 0.5) is 22.0 Å². The highest BCUT2D eigenvalue weighted by molar-refractivity contribution is 5.99. The van der Waals surface area contributed by atoms with Crippen molar-refractivity contribution in [2.75, 3.05) is 41.3 Å². The SMILES string of the molecule is CNC(=O)C(NC(=O)c1nc(-c2ccc(C(C)(F)F)cc2F)n2c1CN(C)CCC2)C(C)(C)CCC(C)(C)[C@H](NC(=O)c1nc(-c2cccc(F)c2F)n2c1CN(C)CCC2)C(=O)NC. The van der Waals surface area contributed by atoms with Gasteiger partial charge in [-0.15, -0.1) is 0 Å². The Bertz CT molecular complexity index is 2460. The van der Waals surface area contributed by atoms with Crippen molar-refractivity contribution >= 4 is 23.6 Å². The number of nitrogens with one attached hydrogen (secondary N) is 4. The van der Waals surface area contributed by atoms with Crippen molar-refractivity contribution in [3.63, 3.8) is 0 Å². The number of aromatic nitrogens is 4. The van der Waals surface area contributed by atoms with Crippen LogP contribution >= 0.6 is 0 Å². The topological polar surface area (TPSA) is 159 Å². The van der Waals surface area contributed by atoms with Gasteiger partial charge in [-0.2, -0.15) is 0 Å². The molecule has 2 atom stereocenters. The van der Waals surface area contributed by atoms with Crippen LogP contribution in [-0.4, -0.2) is 106 Å². The molecular weight excluding hydrogens is 852 g/mol. The maximum absolute atomic E-state index is 15.6. The van der Waals surface area contributed by atoms with E-state index < -0.39 is 75.5 Å². The average molecular weight is 911 g/mol. The molecule has 2 aliphatic rings. The molecule has 65 heavy (non-hydrogen) atoms. The highest BCUT2D eigenvalue weighted by Gasteiger charge is 2.43. The molecule has 4 amide bonds. The highest BCUT2D eigenvalue weighted by atomic mass is 19.3. The largest absolute Gasteiger partial charge is 0.357 e. The number of likely N-dealkylation sites (N-methyl/N-ethyl adjacent to an activating group) is 2. The van der Waals surface area contributed by atoms with Gasteiger partial charge in [0.25, 0.3) is 17.7 Å². The van der Waals surface area contributed by atoms with Crippen molar-refractivity contribution in [2.24, 2.45) is 10.8 Å². The van der Waals surface area contributed by atoms with Crippen LogP contribution in [0.3, 0.4) is 0 Å². The summed E-state index contributed by atoms with van der Waals surface area (Å²) in [4.78, 5) is 69.1. The Morgan fingerprint density at radius 2 is 1.12 bits per heavy atom. The van der Waals surface area contributed by atoms with Crippen molar-refractivity contribution in [1.82, 2.24) is 50.2 Å². The zero-order valence-electron chi connectivity index (χ0n) is 38.4. The molecule has 1 unspecified atom stereocenters. The van der Waals surface area contributed by atoms with Crippen LogP contribution in [0.1, 0.15) is 98.2 Å². The summed E-state index contributed by atoms with van der Waals surface area (Å²) in [5.41, 5.74) is -1.76. The van der Waals surface area contributed by atoms with Crippen LogP contribution in [0.25, 0.3) is 22.8 Å². The van der Waals surface area contributed by atoms with E-state index in [0.717, 1.165) is 18.2 Å². The number of nitrogens with zero attached hydrogens (tertiary/aromatic N) is 6. The quantitative estimate of drug-likeness (QED) is 0.115. The second-order valence-corrected chi connectivity index (χ2v) is 18.7. The van der Waals surface area contributed by atoms with Gasteiger partial charge in [-0.25, -0.2) is 31.9 Å². The normalized spacial score (nSPS) is 16.1. The fourth-order valence-electron chi connectivity index (χ4n) is 8.72. The van der Waals surface area contributed by atoms with E-state index in [9.17, 15) is 32.3 Å². The second kappa shape index (κ2) is 19.0. The van der Waals surface area contributed by atoms with Crippen LogP contribution in [0.15, 0.2) is 36.4 Å². The number of rotatable bonds is 14. The molecule has 19 heteroatoms. The zero-order valence-corrected chi connectivity index (χ0v) is 38.4. The minimum Gasteiger partial charge on any atom is -0.357 e. The summed E-state index contributed by atoms with van der Waals surface area (Å²) >= 11 is 0. The molecule has 0 radical (unpaired) electrons. The van der Waals surface area contributed by atoms with Crippen molar-refractivity contribution < 1.29 is 41.1 Å². The molecule has 0 fully saturated rings. The monoisotopic (exact) mass is 910 g/mol. The number of fused-ring (bicyclic) bond motifs is 2. The third-order valence-corrected chi connectivity index (χ3v) is 12.7.